The highest BCUT2D eigenvalue weighted by molar-refractivity contribution is 5.53. The molecule has 0 radical (unpaired) electrons. The van der Waals surface area contributed by atoms with Crippen LogP contribution in [0, 0.1) is 5.82 Å². The molecule has 2 heterocycles. The summed E-state index contributed by atoms with van der Waals surface area (Å²) in [7, 11) is 1.67. The van der Waals surface area contributed by atoms with Crippen molar-refractivity contribution in [2.24, 2.45) is 0 Å². The highest BCUT2D eigenvalue weighted by Crippen LogP contribution is 2.30. The van der Waals surface area contributed by atoms with Crippen molar-refractivity contribution in [3.8, 4) is 17.2 Å². The molecule has 1 aliphatic rings. The monoisotopic (exact) mass is 353 g/mol. The van der Waals surface area contributed by atoms with Gasteiger partial charge < -0.3 is 9.15 Å². The van der Waals surface area contributed by atoms with Gasteiger partial charge in [-0.15, -0.1) is 10.2 Å². The zero-order valence-corrected chi connectivity index (χ0v) is 14.6. The van der Waals surface area contributed by atoms with E-state index in [4.69, 9.17) is 9.15 Å². The third-order valence-corrected chi connectivity index (χ3v) is 4.73. The van der Waals surface area contributed by atoms with Gasteiger partial charge in [-0.3, -0.25) is 4.90 Å². The molecule has 1 atom stereocenters. The van der Waals surface area contributed by atoms with Crippen LogP contribution in [0.25, 0.3) is 11.5 Å². The Kier molecular flexibility index (Phi) is 4.67. The molecule has 26 heavy (non-hydrogen) atoms. The molecule has 0 spiro atoms. The molecule has 1 unspecified atom stereocenters. The van der Waals surface area contributed by atoms with Crippen molar-refractivity contribution in [3.63, 3.8) is 0 Å². The van der Waals surface area contributed by atoms with E-state index in [9.17, 15) is 4.39 Å². The maximum atomic E-state index is 13.9. The van der Waals surface area contributed by atoms with Crippen molar-refractivity contribution in [1.82, 2.24) is 15.1 Å². The summed E-state index contributed by atoms with van der Waals surface area (Å²) in [6.45, 7) is 2.69. The maximum Gasteiger partial charge on any atom is 0.250 e. The van der Waals surface area contributed by atoms with E-state index in [0.29, 0.717) is 11.5 Å². The first-order valence-electron chi connectivity index (χ1n) is 8.66. The van der Waals surface area contributed by atoms with Gasteiger partial charge in [0.05, 0.1) is 18.6 Å². The quantitative estimate of drug-likeness (QED) is 0.697. The number of nitrogens with zero attached hydrogens (tertiary/aromatic N) is 3. The Morgan fingerprint density at radius 1 is 1.15 bits per heavy atom. The molecule has 3 aromatic rings. The van der Waals surface area contributed by atoms with Crippen LogP contribution >= 0.6 is 0 Å². The van der Waals surface area contributed by atoms with Gasteiger partial charge in [-0.2, -0.15) is 0 Å². The first-order valence-corrected chi connectivity index (χ1v) is 8.66. The number of rotatable bonds is 5. The minimum Gasteiger partial charge on any atom is -0.497 e. The van der Waals surface area contributed by atoms with Crippen LogP contribution in [-0.2, 0) is 6.54 Å². The van der Waals surface area contributed by atoms with Gasteiger partial charge in [0.1, 0.15) is 11.6 Å². The Balaban J connectivity index is 1.41. The van der Waals surface area contributed by atoms with Gasteiger partial charge >= 0.3 is 0 Å². The molecule has 0 bridgehead atoms. The lowest BCUT2D eigenvalue weighted by Gasteiger charge is -2.15. The van der Waals surface area contributed by atoms with E-state index in [1.54, 1.807) is 25.3 Å². The van der Waals surface area contributed by atoms with Crippen LogP contribution in [0.3, 0.4) is 0 Å². The van der Waals surface area contributed by atoms with E-state index >= 15 is 0 Å². The lowest BCUT2D eigenvalue weighted by atomic mass is 10.1. The van der Waals surface area contributed by atoms with Crippen molar-refractivity contribution in [2.75, 3.05) is 20.2 Å². The van der Waals surface area contributed by atoms with Gasteiger partial charge in [0.25, 0.3) is 5.89 Å². The smallest absolute Gasteiger partial charge is 0.250 e. The summed E-state index contributed by atoms with van der Waals surface area (Å²) < 4.78 is 24.8. The fraction of sp³-hybridized carbons (Fsp3) is 0.300. The second kappa shape index (κ2) is 7.25. The minimum absolute atomic E-state index is 0.182. The van der Waals surface area contributed by atoms with E-state index < -0.39 is 0 Å². The maximum absolute atomic E-state index is 13.9. The summed E-state index contributed by atoms with van der Waals surface area (Å²) in [5.41, 5.74) is 1.59. The highest BCUT2D eigenvalue weighted by atomic mass is 19.1. The summed E-state index contributed by atoms with van der Waals surface area (Å²) in [4.78, 5) is 2.36. The highest BCUT2D eigenvalue weighted by Gasteiger charge is 2.28. The van der Waals surface area contributed by atoms with Gasteiger partial charge in [0, 0.05) is 13.1 Å². The van der Waals surface area contributed by atoms with Gasteiger partial charge in [0.2, 0.25) is 5.89 Å². The molecule has 1 aromatic heterocycles. The molecule has 6 heteroatoms. The van der Waals surface area contributed by atoms with Crippen molar-refractivity contribution in [2.45, 2.75) is 18.9 Å². The lowest BCUT2D eigenvalue weighted by Crippen LogP contribution is -2.19. The van der Waals surface area contributed by atoms with Crippen LogP contribution < -0.4 is 4.74 Å². The van der Waals surface area contributed by atoms with Crippen molar-refractivity contribution in [3.05, 3.63) is 65.8 Å². The second-order valence-electron chi connectivity index (χ2n) is 6.49. The first kappa shape index (κ1) is 16.7. The number of benzene rings is 2. The van der Waals surface area contributed by atoms with Crippen LogP contribution in [0.5, 0.6) is 5.75 Å². The molecular formula is C20H20FN3O2. The number of halogens is 1. The Morgan fingerprint density at radius 3 is 2.73 bits per heavy atom. The molecule has 5 nitrogen and oxygen atoms in total. The second-order valence-corrected chi connectivity index (χ2v) is 6.49. The molecule has 1 saturated heterocycles. The number of methoxy groups -OCH3 is 1. The zero-order valence-electron chi connectivity index (χ0n) is 14.6. The number of hydrogen-bond donors (Lipinski definition) is 0. The fourth-order valence-electron chi connectivity index (χ4n) is 3.31. The number of ether oxygens (including phenoxy) is 1. The SMILES string of the molecule is COc1ccc(CN2CCC(c3nnc(-c4ccccc4F)o3)C2)cc1. The minimum atomic E-state index is -0.352. The summed E-state index contributed by atoms with van der Waals surface area (Å²) in [6.07, 6.45) is 0.953. The molecule has 0 aliphatic carbocycles. The van der Waals surface area contributed by atoms with Crippen molar-refractivity contribution in [1.29, 1.82) is 0 Å². The average molecular weight is 353 g/mol. The van der Waals surface area contributed by atoms with Crippen molar-refractivity contribution < 1.29 is 13.5 Å². The fourth-order valence-corrected chi connectivity index (χ4v) is 3.31. The summed E-state index contributed by atoms with van der Waals surface area (Å²) in [6, 6.07) is 14.6. The third kappa shape index (κ3) is 3.46. The van der Waals surface area contributed by atoms with Crippen LogP contribution in [0.2, 0.25) is 0 Å². The normalized spacial score (nSPS) is 17.5. The van der Waals surface area contributed by atoms with Crippen LogP contribution in [-0.4, -0.2) is 35.3 Å². The van der Waals surface area contributed by atoms with E-state index in [0.717, 1.165) is 31.8 Å². The molecule has 4 rings (SSSR count). The van der Waals surface area contributed by atoms with Crippen LogP contribution in [0.15, 0.2) is 52.9 Å². The molecule has 0 saturated carbocycles. The Labute approximate surface area is 151 Å². The molecule has 0 N–H and O–H groups in total. The first-order chi connectivity index (χ1) is 12.7. The number of aromatic nitrogens is 2. The largest absolute Gasteiger partial charge is 0.497 e. The standard InChI is InChI=1S/C20H20FN3O2/c1-25-16-8-6-14(7-9-16)12-24-11-10-15(13-24)19-22-23-20(26-19)17-4-2-3-5-18(17)21/h2-9,15H,10-13H2,1H3. The predicted octanol–water partition coefficient (Wildman–Crippen LogP) is 3.87. The molecular weight excluding hydrogens is 333 g/mol. The number of likely N-dealkylation sites (tertiary alicyclic amines) is 1. The van der Waals surface area contributed by atoms with Gasteiger partial charge in [0.15, 0.2) is 0 Å². The zero-order chi connectivity index (χ0) is 17.9. The van der Waals surface area contributed by atoms with E-state index in [-0.39, 0.29) is 17.6 Å². The summed E-state index contributed by atoms with van der Waals surface area (Å²) in [5.74, 6) is 1.52. The van der Waals surface area contributed by atoms with Gasteiger partial charge in [-0.1, -0.05) is 24.3 Å². The predicted molar refractivity (Wildman–Crippen MR) is 95.3 cm³/mol. The topological polar surface area (TPSA) is 51.4 Å². The van der Waals surface area contributed by atoms with Crippen LogP contribution in [0.4, 0.5) is 4.39 Å². The van der Waals surface area contributed by atoms with Crippen LogP contribution in [0.1, 0.15) is 23.8 Å². The van der Waals surface area contributed by atoms with Crippen molar-refractivity contribution >= 4 is 0 Å². The Hall–Kier alpha value is -2.73. The molecule has 1 fully saturated rings. The molecule has 134 valence electrons. The van der Waals surface area contributed by atoms with E-state index in [2.05, 4.69) is 27.2 Å². The van der Waals surface area contributed by atoms with Gasteiger partial charge in [-0.05, 0) is 42.8 Å². The molecule has 0 amide bonds. The summed E-state index contributed by atoms with van der Waals surface area (Å²) >= 11 is 0. The molecule has 2 aromatic carbocycles. The summed E-state index contributed by atoms with van der Waals surface area (Å²) in [5, 5.41) is 8.18. The average Bonchev–Trinajstić information content (AvgIpc) is 3.32. The molecule has 1 aliphatic heterocycles. The Bertz CT molecular complexity index is 879. The third-order valence-electron chi connectivity index (χ3n) is 4.73. The number of hydrogen-bond acceptors (Lipinski definition) is 5. The van der Waals surface area contributed by atoms with Gasteiger partial charge in [-0.25, -0.2) is 4.39 Å². The lowest BCUT2D eigenvalue weighted by molar-refractivity contribution is 0.320. The van der Waals surface area contributed by atoms with E-state index in [1.807, 2.05) is 12.1 Å². The Morgan fingerprint density at radius 2 is 1.96 bits per heavy atom. The van der Waals surface area contributed by atoms with E-state index in [1.165, 1.54) is 11.6 Å².